The summed E-state index contributed by atoms with van der Waals surface area (Å²) in [4.78, 5) is 28.7. The molecule has 28 heavy (non-hydrogen) atoms. The minimum Gasteiger partial charge on any atom is -0.324 e. The van der Waals surface area contributed by atoms with Gasteiger partial charge in [0.25, 0.3) is 0 Å². The van der Waals surface area contributed by atoms with E-state index in [-0.39, 0.29) is 11.7 Å². The van der Waals surface area contributed by atoms with E-state index >= 15 is 0 Å². The van der Waals surface area contributed by atoms with Crippen LogP contribution in [0.2, 0.25) is 0 Å². The number of hydrogen-bond donors (Lipinski definition) is 2. The van der Waals surface area contributed by atoms with Gasteiger partial charge in [0.15, 0.2) is 11.6 Å². The molecule has 0 aliphatic rings. The van der Waals surface area contributed by atoms with Crippen molar-refractivity contribution < 1.29 is 9.59 Å². The molecule has 1 amide bonds. The van der Waals surface area contributed by atoms with Gasteiger partial charge in [-0.3, -0.25) is 14.7 Å². The first kappa shape index (κ1) is 19.8. The van der Waals surface area contributed by atoms with Crippen molar-refractivity contribution in [1.29, 1.82) is 0 Å². The second kappa shape index (κ2) is 8.84. The van der Waals surface area contributed by atoms with Crippen LogP contribution in [0.4, 0.5) is 5.69 Å². The summed E-state index contributed by atoms with van der Waals surface area (Å²) < 4.78 is 0. The van der Waals surface area contributed by atoms with Crippen molar-refractivity contribution in [3.8, 4) is 11.4 Å². The number of anilines is 1. The van der Waals surface area contributed by atoms with Gasteiger partial charge in [-0.2, -0.15) is 0 Å². The topological polar surface area (TPSA) is 87.7 Å². The Kier molecular flexibility index (Phi) is 6.26. The average molecular weight is 395 g/mol. The van der Waals surface area contributed by atoms with Crippen molar-refractivity contribution in [2.24, 2.45) is 0 Å². The molecule has 1 heterocycles. The molecule has 2 aromatic carbocycles. The molecule has 0 bridgehead atoms. The summed E-state index contributed by atoms with van der Waals surface area (Å²) in [5, 5.41) is 10.0. The Balaban J connectivity index is 1.66. The smallest absolute Gasteiger partial charge is 0.237 e. The summed E-state index contributed by atoms with van der Waals surface area (Å²) >= 11 is 1.26. The van der Waals surface area contributed by atoms with Crippen LogP contribution in [-0.4, -0.2) is 32.1 Å². The molecule has 0 aliphatic carbocycles. The maximum atomic E-state index is 12.5. The third-order valence-corrected chi connectivity index (χ3v) is 5.28. The highest BCUT2D eigenvalue weighted by atomic mass is 32.2. The average Bonchev–Trinajstić information content (AvgIpc) is 3.16. The number of aromatic amines is 1. The molecule has 0 fully saturated rings. The van der Waals surface area contributed by atoms with Gasteiger partial charge in [-0.15, -0.1) is 5.10 Å². The lowest BCUT2D eigenvalue weighted by Crippen LogP contribution is -2.23. The number of nitrogens with one attached hydrogen (secondary N) is 2. The van der Waals surface area contributed by atoms with Crippen LogP contribution in [0.25, 0.3) is 11.4 Å². The predicted molar refractivity (Wildman–Crippen MR) is 112 cm³/mol. The number of aromatic nitrogens is 3. The van der Waals surface area contributed by atoms with Gasteiger partial charge in [0, 0.05) is 11.1 Å². The standard InChI is InChI=1S/C21H22N4O2S/c1-4-15-9-11-16(12-10-15)19-23-21(25-24-19)28-14(3)20(27)22-18-8-6-5-7-17(18)13(2)26/h5-12,14H,4H2,1-3H3,(H,22,27)(H,23,24,25)/t14-/m1/s1. The number of ketones is 1. The molecule has 3 rings (SSSR count). The Morgan fingerprint density at radius 1 is 1.14 bits per heavy atom. The quantitative estimate of drug-likeness (QED) is 0.459. The fraction of sp³-hybridized carbons (Fsp3) is 0.238. The van der Waals surface area contributed by atoms with Crippen LogP contribution in [0, 0.1) is 0 Å². The number of hydrogen-bond acceptors (Lipinski definition) is 5. The van der Waals surface area contributed by atoms with Crippen molar-refractivity contribution >= 4 is 29.1 Å². The Morgan fingerprint density at radius 2 is 1.86 bits per heavy atom. The van der Waals surface area contributed by atoms with E-state index in [9.17, 15) is 9.59 Å². The maximum absolute atomic E-state index is 12.5. The van der Waals surface area contributed by atoms with Crippen LogP contribution in [0.1, 0.15) is 36.7 Å². The molecule has 2 N–H and O–H groups in total. The monoisotopic (exact) mass is 394 g/mol. The predicted octanol–water partition coefficient (Wildman–Crippen LogP) is 4.36. The van der Waals surface area contributed by atoms with E-state index in [1.807, 2.05) is 12.1 Å². The van der Waals surface area contributed by atoms with E-state index in [4.69, 9.17) is 0 Å². The summed E-state index contributed by atoms with van der Waals surface area (Å²) in [6.45, 7) is 5.37. The van der Waals surface area contributed by atoms with Crippen molar-refractivity contribution in [3.63, 3.8) is 0 Å². The van der Waals surface area contributed by atoms with Gasteiger partial charge in [0.1, 0.15) is 0 Å². The van der Waals surface area contributed by atoms with E-state index in [2.05, 4.69) is 39.6 Å². The van der Waals surface area contributed by atoms with Gasteiger partial charge in [0.2, 0.25) is 11.1 Å². The van der Waals surface area contributed by atoms with Crippen molar-refractivity contribution in [2.75, 3.05) is 5.32 Å². The van der Waals surface area contributed by atoms with Crippen LogP contribution < -0.4 is 5.32 Å². The largest absolute Gasteiger partial charge is 0.324 e. The molecule has 0 spiro atoms. The van der Waals surface area contributed by atoms with E-state index in [0.29, 0.717) is 22.2 Å². The molecule has 6 nitrogen and oxygen atoms in total. The molecule has 0 aliphatic heterocycles. The van der Waals surface area contributed by atoms with Gasteiger partial charge in [-0.05, 0) is 38.0 Å². The van der Waals surface area contributed by atoms with E-state index in [1.165, 1.54) is 24.2 Å². The number of H-pyrrole nitrogens is 1. The number of para-hydroxylation sites is 1. The van der Waals surface area contributed by atoms with Crippen LogP contribution in [0.3, 0.4) is 0 Å². The number of nitrogens with zero attached hydrogens (tertiary/aromatic N) is 2. The van der Waals surface area contributed by atoms with E-state index in [0.717, 1.165) is 12.0 Å². The summed E-state index contributed by atoms with van der Waals surface area (Å²) in [5.74, 6) is 0.362. The van der Waals surface area contributed by atoms with Crippen molar-refractivity contribution in [1.82, 2.24) is 15.2 Å². The van der Waals surface area contributed by atoms with Crippen LogP contribution in [0.5, 0.6) is 0 Å². The summed E-state index contributed by atoms with van der Waals surface area (Å²) in [7, 11) is 0. The first-order chi connectivity index (χ1) is 13.5. The lowest BCUT2D eigenvalue weighted by molar-refractivity contribution is -0.115. The summed E-state index contributed by atoms with van der Waals surface area (Å²) in [5.41, 5.74) is 3.21. The molecule has 0 saturated heterocycles. The molecule has 0 unspecified atom stereocenters. The Bertz CT molecular complexity index is 982. The van der Waals surface area contributed by atoms with Crippen LogP contribution >= 0.6 is 11.8 Å². The third kappa shape index (κ3) is 4.67. The number of thioether (sulfide) groups is 1. The summed E-state index contributed by atoms with van der Waals surface area (Å²) in [6, 6.07) is 15.1. The van der Waals surface area contributed by atoms with Gasteiger partial charge >= 0.3 is 0 Å². The molecule has 144 valence electrons. The zero-order valence-corrected chi connectivity index (χ0v) is 16.8. The molecule has 1 atom stereocenters. The minimum atomic E-state index is -0.425. The Morgan fingerprint density at radius 3 is 2.54 bits per heavy atom. The maximum Gasteiger partial charge on any atom is 0.237 e. The number of carbonyl (C=O) groups is 2. The van der Waals surface area contributed by atoms with Crippen LogP contribution in [-0.2, 0) is 11.2 Å². The number of amides is 1. The lowest BCUT2D eigenvalue weighted by atomic mass is 10.1. The minimum absolute atomic E-state index is 0.0936. The molecular formula is C21H22N4O2S. The molecule has 7 heteroatoms. The van der Waals surface area contributed by atoms with Gasteiger partial charge in [0.05, 0.1) is 10.9 Å². The van der Waals surface area contributed by atoms with Gasteiger partial charge in [-0.25, -0.2) is 4.98 Å². The first-order valence-electron chi connectivity index (χ1n) is 9.07. The molecular weight excluding hydrogens is 372 g/mol. The third-order valence-electron chi connectivity index (χ3n) is 4.32. The normalized spacial score (nSPS) is 11.8. The number of aryl methyl sites for hydroxylation is 1. The Hall–Kier alpha value is -2.93. The van der Waals surface area contributed by atoms with E-state index in [1.54, 1.807) is 31.2 Å². The zero-order valence-electron chi connectivity index (χ0n) is 16.0. The number of rotatable bonds is 7. The van der Waals surface area contributed by atoms with Crippen LogP contribution in [0.15, 0.2) is 53.7 Å². The number of Topliss-reactive ketones (excluding diaryl/α,β-unsaturated/α-hetero) is 1. The molecule has 1 aromatic heterocycles. The number of benzene rings is 2. The molecule has 0 saturated carbocycles. The SMILES string of the molecule is CCc1ccc(-c2nc(S[C@H](C)C(=O)Nc3ccccc3C(C)=O)n[nH]2)cc1. The van der Waals surface area contributed by atoms with Gasteiger partial charge in [-0.1, -0.05) is 55.1 Å². The fourth-order valence-corrected chi connectivity index (χ4v) is 3.40. The molecule has 0 radical (unpaired) electrons. The highest BCUT2D eigenvalue weighted by Crippen LogP contribution is 2.24. The molecule has 3 aromatic rings. The first-order valence-corrected chi connectivity index (χ1v) is 9.95. The second-order valence-corrected chi connectivity index (χ2v) is 7.68. The van der Waals surface area contributed by atoms with E-state index < -0.39 is 5.25 Å². The highest BCUT2D eigenvalue weighted by Gasteiger charge is 2.19. The zero-order chi connectivity index (χ0) is 20.1. The summed E-state index contributed by atoms with van der Waals surface area (Å²) in [6.07, 6.45) is 0.983. The van der Waals surface area contributed by atoms with Crippen molar-refractivity contribution in [3.05, 3.63) is 59.7 Å². The second-order valence-electron chi connectivity index (χ2n) is 6.37. The van der Waals surface area contributed by atoms with Gasteiger partial charge < -0.3 is 5.32 Å². The highest BCUT2D eigenvalue weighted by molar-refractivity contribution is 8.00. The fourth-order valence-electron chi connectivity index (χ4n) is 2.67. The number of carbonyl (C=O) groups excluding carboxylic acids is 2. The van der Waals surface area contributed by atoms with Crippen molar-refractivity contribution in [2.45, 2.75) is 37.6 Å². The lowest BCUT2D eigenvalue weighted by Gasteiger charge is -2.12. The Labute approximate surface area is 168 Å².